The van der Waals surface area contributed by atoms with Crippen LogP contribution in [0.4, 0.5) is 0 Å². The van der Waals surface area contributed by atoms with Crippen molar-refractivity contribution >= 4 is 10.0 Å². The van der Waals surface area contributed by atoms with E-state index < -0.39 is 10.0 Å². The zero-order valence-corrected chi connectivity index (χ0v) is 8.76. The normalized spacial score (nSPS) is 29.8. The first kappa shape index (κ1) is 9.99. The molecule has 1 unspecified atom stereocenters. The first-order chi connectivity index (χ1) is 5.43. The van der Waals surface area contributed by atoms with E-state index in [-0.39, 0.29) is 6.04 Å². The minimum atomic E-state index is -2.89. The van der Waals surface area contributed by atoms with Gasteiger partial charge >= 0.3 is 0 Å². The van der Waals surface area contributed by atoms with Gasteiger partial charge in [0.25, 0.3) is 0 Å². The van der Waals surface area contributed by atoms with Crippen molar-refractivity contribution in [2.45, 2.75) is 32.7 Å². The molecule has 12 heavy (non-hydrogen) atoms. The Morgan fingerprint density at radius 1 is 1.50 bits per heavy atom. The van der Waals surface area contributed by atoms with Crippen LogP contribution in [0.2, 0.25) is 0 Å². The summed E-state index contributed by atoms with van der Waals surface area (Å²) in [5, 5.41) is 0. The van der Waals surface area contributed by atoms with Gasteiger partial charge in [0.05, 0.1) is 5.75 Å². The Kier molecular flexibility index (Phi) is 2.78. The molecule has 0 aromatic carbocycles. The highest BCUT2D eigenvalue weighted by molar-refractivity contribution is 7.89. The molecule has 1 atom stereocenters. The molecule has 0 N–H and O–H groups in total. The fourth-order valence-corrected chi connectivity index (χ4v) is 3.15. The Morgan fingerprint density at radius 3 is 2.42 bits per heavy atom. The lowest BCUT2D eigenvalue weighted by Crippen LogP contribution is -2.29. The van der Waals surface area contributed by atoms with Crippen molar-refractivity contribution in [2.24, 2.45) is 5.92 Å². The molecule has 1 rings (SSSR count). The van der Waals surface area contributed by atoms with E-state index in [0.717, 1.165) is 12.8 Å². The van der Waals surface area contributed by atoms with Crippen LogP contribution in [0.3, 0.4) is 0 Å². The summed E-state index contributed by atoms with van der Waals surface area (Å²) in [7, 11) is -1.20. The van der Waals surface area contributed by atoms with Crippen molar-refractivity contribution in [3.05, 3.63) is 0 Å². The predicted octanol–water partition coefficient (Wildman–Crippen LogP) is 1.07. The van der Waals surface area contributed by atoms with Crippen molar-refractivity contribution < 1.29 is 8.42 Å². The smallest absolute Gasteiger partial charge is 0.212 e. The summed E-state index contributed by atoms with van der Waals surface area (Å²) in [6.07, 6.45) is 1.78. The molecule has 0 bridgehead atoms. The minimum Gasteiger partial charge on any atom is -0.212 e. The van der Waals surface area contributed by atoms with E-state index >= 15 is 0 Å². The lowest BCUT2D eigenvalue weighted by molar-refractivity contribution is 0.339. The van der Waals surface area contributed by atoms with Gasteiger partial charge in [0.1, 0.15) is 0 Å². The van der Waals surface area contributed by atoms with Crippen LogP contribution in [0.25, 0.3) is 0 Å². The predicted molar refractivity (Wildman–Crippen MR) is 49.4 cm³/mol. The Balaban J connectivity index is 2.62. The van der Waals surface area contributed by atoms with Gasteiger partial charge in [-0.3, -0.25) is 0 Å². The van der Waals surface area contributed by atoms with Gasteiger partial charge in [-0.25, -0.2) is 12.7 Å². The van der Waals surface area contributed by atoms with Gasteiger partial charge in [-0.05, 0) is 18.8 Å². The van der Waals surface area contributed by atoms with Crippen LogP contribution in [-0.2, 0) is 10.0 Å². The summed E-state index contributed by atoms with van der Waals surface area (Å²) < 4.78 is 24.1. The minimum absolute atomic E-state index is 0.245. The van der Waals surface area contributed by atoms with E-state index in [4.69, 9.17) is 0 Å². The number of hydrogen-bond donors (Lipinski definition) is 0. The van der Waals surface area contributed by atoms with Crippen molar-refractivity contribution in [1.82, 2.24) is 4.31 Å². The maximum Gasteiger partial charge on any atom is 0.214 e. The molecule has 1 heterocycles. The summed E-state index contributed by atoms with van der Waals surface area (Å²) >= 11 is 0. The molecule has 0 saturated carbocycles. The molecule has 0 amide bonds. The standard InChI is InChI=1S/C8H17NO2S/c1-7(2)6-8-4-5-12(10,11)9(8)3/h7-8H,4-6H2,1-3H3. The summed E-state index contributed by atoms with van der Waals surface area (Å²) in [6.45, 7) is 4.25. The van der Waals surface area contributed by atoms with Crippen LogP contribution < -0.4 is 0 Å². The molecule has 0 aromatic rings. The van der Waals surface area contributed by atoms with Gasteiger partial charge in [0, 0.05) is 13.1 Å². The van der Waals surface area contributed by atoms with Crippen LogP contribution in [0, 0.1) is 5.92 Å². The van der Waals surface area contributed by atoms with E-state index in [1.807, 2.05) is 0 Å². The number of nitrogens with zero attached hydrogens (tertiary/aromatic N) is 1. The van der Waals surface area contributed by atoms with Gasteiger partial charge in [-0.2, -0.15) is 0 Å². The average Bonchev–Trinajstić information content (AvgIpc) is 2.15. The Hall–Kier alpha value is -0.0900. The number of rotatable bonds is 2. The third-order valence-electron chi connectivity index (χ3n) is 2.41. The Morgan fingerprint density at radius 2 is 2.08 bits per heavy atom. The lowest BCUT2D eigenvalue weighted by Gasteiger charge is -2.19. The SMILES string of the molecule is CC(C)CC1CCS(=O)(=O)N1C. The third kappa shape index (κ3) is 1.98. The summed E-state index contributed by atoms with van der Waals surface area (Å²) in [5.41, 5.74) is 0. The summed E-state index contributed by atoms with van der Waals surface area (Å²) in [5.74, 6) is 0.909. The van der Waals surface area contributed by atoms with Crippen molar-refractivity contribution in [2.75, 3.05) is 12.8 Å². The molecule has 1 fully saturated rings. The van der Waals surface area contributed by atoms with Gasteiger partial charge in [0.15, 0.2) is 0 Å². The monoisotopic (exact) mass is 191 g/mol. The highest BCUT2D eigenvalue weighted by Crippen LogP contribution is 2.23. The first-order valence-corrected chi connectivity index (χ1v) is 6.00. The van der Waals surface area contributed by atoms with E-state index in [2.05, 4.69) is 13.8 Å². The topological polar surface area (TPSA) is 37.4 Å². The van der Waals surface area contributed by atoms with Gasteiger partial charge in [-0.15, -0.1) is 0 Å². The molecule has 0 radical (unpaired) electrons. The molecule has 3 nitrogen and oxygen atoms in total. The average molecular weight is 191 g/mol. The van der Waals surface area contributed by atoms with Crippen LogP contribution in [0.1, 0.15) is 26.7 Å². The fourth-order valence-electron chi connectivity index (χ4n) is 1.65. The van der Waals surface area contributed by atoms with Crippen LogP contribution in [-0.4, -0.2) is 31.6 Å². The zero-order valence-electron chi connectivity index (χ0n) is 7.95. The highest BCUT2D eigenvalue weighted by Gasteiger charge is 2.33. The second kappa shape index (κ2) is 3.34. The maximum atomic E-state index is 11.3. The van der Waals surface area contributed by atoms with Crippen LogP contribution >= 0.6 is 0 Å². The Labute approximate surface area is 74.8 Å². The van der Waals surface area contributed by atoms with Crippen LogP contribution in [0.5, 0.6) is 0 Å². The lowest BCUT2D eigenvalue weighted by atomic mass is 10.0. The number of hydrogen-bond acceptors (Lipinski definition) is 2. The van der Waals surface area contributed by atoms with Crippen molar-refractivity contribution in [3.63, 3.8) is 0 Å². The van der Waals surface area contributed by atoms with Crippen molar-refractivity contribution in [3.8, 4) is 0 Å². The van der Waals surface area contributed by atoms with E-state index in [9.17, 15) is 8.42 Å². The van der Waals surface area contributed by atoms with Gasteiger partial charge in [-0.1, -0.05) is 13.8 Å². The maximum absolute atomic E-state index is 11.3. The molecular weight excluding hydrogens is 174 g/mol. The van der Waals surface area contributed by atoms with E-state index in [0.29, 0.717) is 11.7 Å². The van der Waals surface area contributed by atoms with Gasteiger partial charge in [0.2, 0.25) is 10.0 Å². The molecule has 4 heteroatoms. The van der Waals surface area contributed by atoms with Gasteiger partial charge < -0.3 is 0 Å². The zero-order chi connectivity index (χ0) is 9.35. The molecule has 1 aliphatic heterocycles. The molecule has 0 aliphatic carbocycles. The first-order valence-electron chi connectivity index (χ1n) is 4.39. The van der Waals surface area contributed by atoms with Crippen molar-refractivity contribution in [1.29, 1.82) is 0 Å². The van der Waals surface area contributed by atoms with E-state index in [1.54, 1.807) is 7.05 Å². The molecule has 72 valence electrons. The second-order valence-corrected chi connectivity index (χ2v) is 6.05. The summed E-state index contributed by atoms with van der Waals surface area (Å²) in [4.78, 5) is 0. The third-order valence-corrected chi connectivity index (χ3v) is 4.33. The van der Waals surface area contributed by atoms with Crippen LogP contribution in [0.15, 0.2) is 0 Å². The Bertz CT molecular complexity index is 246. The highest BCUT2D eigenvalue weighted by atomic mass is 32.2. The van der Waals surface area contributed by atoms with E-state index in [1.165, 1.54) is 4.31 Å². The second-order valence-electron chi connectivity index (χ2n) is 3.90. The molecule has 1 aliphatic rings. The number of sulfonamides is 1. The molecule has 0 spiro atoms. The summed E-state index contributed by atoms with van der Waals surface area (Å²) in [6, 6.07) is 0.245. The molecule has 0 aromatic heterocycles. The fraction of sp³-hybridized carbons (Fsp3) is 1.00. The quantitative estimate of drug-likeness (QED) is 0.654. The molecular formula is C8H17NO2S. The largest absolute Gasteiger partial charge is 0.214 e. The molecule has 1 saturated heterocycles.